The van der Waals surface area contributed by atoms with Gasteiger partial charge in [0.05, 0.1) is 0 Å². The first-order valence-electron chi connectivity index (χ1n) is 35.6. The van der Waals surface area contributed by atoms with Gasteiger partial charge in [-0.15, -0.1) is 0 Å². The minimum atomic E-state index is -0.789. The highest BCUT2D eigenvalue weighted by molar-refractivity contribution is 5.71. The van der Waals surface area contributed by atoms with E-state index in [4.69, 9.17) is 14.2 Å². The van der Waals surface area contributed by atoms with E-state index >= 15 is 0 Å². The van der Waals surface area contributed by atoms with Crippen LogP contribution in [0.2, 0.25) is 0 Å². The van der Waals surface area contributed by atoms with E-state index in [1.807, 2.05) is 0 Å². The molecule has 474 valence electrons. The summed E-state index contributed by atoms with van der Waals surface area (Å²) in [6, 6.07) is 0. The molecule has 0 saturated carbocycles. The van der Waals surface area contributed by atoms with Gasteiger partial charge in [-0.3, -0.25) is 14.4 Å². The van der Waals surface area contributed by atoms with Crippen LogP contribution in [0, 0.1) is 0 Å². The van der Waals surface area contributed by atoms with Crippen LogP contribution in [-0.2, 0) is 28.6 Å². The summed E-state index contributed by atoms with van der Waals surface area (Å²) >= 11 is 0. The van der Waals surface area contributed by atoms with Crippen molar-refractivity contribution in [2.75, 3.05) is 13.2 Å². The number of unbranched alkanes of at least 4 members (excludes halogenated alkanes) is 40. The Labute approximate surface area is 509 Å². The lowest BCUT2D eigenvalue weighted by Crippen LogP contribution is -2.30. The second-order valence-corrected chi connectivity index (χ2v) is 23.8. The molecule has 0 amide bonds. The van der Waals surface area contributed by atoms with Crippen LogP contribution < -0.4 is 0 Å². The quantitative estimate of drug-likeness (QED) is 0.0261. The van der Waals surface area contributed by atoms with Crippen molar-refractivity contribution in [2.45, 2.75) is 367 Å². The van der Waals surface area contributed by atoms with Crippen LogP contribution in [0.5, 0.6) is 0 Å². The number of allylic oxidation sites excluding steroid dienone is 14. The predicted molar refractivity (Wildman–Crippen MR) is 358 cm³/mol. The van der Waals surface area contributed by atoms with Gasteiger partial charge in [-0.2, -0.15) is 0 Å². The van der Waals surface area contributed by atoms with Gasteiger partial charge in [-0.1, -0.05) is 311 Å². The highest BCUT2D eigenvalue weighted by Crippen LogP contribution is 2.17. The molecule has 0 aliphatic rings. The van der Waals surface area contributed by atoms with Crippen LogP contribution in [0.4, 0.5) is 0 Å². The molecular formula is C76H134O6. The van der Waals surface area contributed by atoms with Crippen LogP contribution in [0.1, 0.15) is 361 Å². The van der Waals surface area contributed by atoms with Gasteiger partial charge in [0.2, 0.25) is 0 Å². The zero-order valence-electron chi connectivity index (χ0n) is 54.5. The Morgan fingerprint density at radius 2 is 0.476 bits per heavy atom. The van der Waals surface area contributed by atoms with Crippen molar-refractivity contribution < 1.29 is 28.6 Å². The number of ether oxygens (including phenoxy) is 3. The minimum Gasteiger partial charge on any atom is -0.462 e. The van der Waals surface area contributed by atoms with Crippen molar-refractivity contribution in [3.05, 3.63) is 85.1 Å². The Kier molecular flexibility index (Phi) is 67.2. The van der Waals surface area contributed by atoms with E-state index in [1.54, 1.807) is 0 Å². The maximum atomic E-state index is 12.9. The molecule has 0 aromatic carbocycles. The molecule has 0 fully saturated rings. The summed E-state index contributed by atoms with van der Waals surface area (Å²) in [6.07, 6.45) is 93.2. The molecule has 6 heteroatoms. The van der Waals surface area contributed by atoms with E-state index in [0.717, 1.165) is 109 Å². The lowest BCUT2D eigenvalue weighted by Gasteiger charge is -2.18. The molecular weight excluding hydrogens is 1010 g/mol. The topological polar surface area (TPSA) is 78.9 Å². The molecule has 1 atom stereocenters. The third-order valence-corrected chi connectivity index (χ3v) is 15.6. The molecule has 0 radical (unpaired) electrons. The molecule has 0 aliphatic heterocycles. The van der Waals surface area contributed by atoms with Crippen molar-refractivity contribution in [1.29, 1.82) is 0 Å². The van der Waals surface area contributed by atoms with Crippen LogP contribution in [-0.4, -0.2) is 37.2 Å². The van der Waals surface area contributed by atoms with Crippen LogP contribution in [0.15, 0.2) is 85.1 Å². The molecule has 0 aromatic heterocycles. The van der Waals surface area contributed by atoms with Crippen LogP contribution in [0.3, 0.4) is 0 Å². The van der Waals surface area contributed by atoms with Gasteiger partial charge in [-0.05, 0) is 116 Å². The number of carbonyl (C=O) groups is 3. The largest absolute Gasteiger partial charge is 0.462 e. The highest BCUT2D eigenvalue weighted by Gasteiger charge is 2.19. The summed E-state index contributed by atoms with van der Waals surface area (Å²) in [7, 11) is 0. The lowest BCUT2D eigenvalue weighted by molar-refractivity contribution is -0.167. The summed E-state index contributed by atoms with van der Waals surface area (Å²) in [5.41, 5.74) is 0. The van der Waals surface area contributed by atoms with Gasteiger partial charge < -0.3 is 14.2 Å². The fourth-order valence-electron chi connectivity index (χ4n) is 10.3. The predicted octanol–water partition coefficient (Wildman–Crippen LogP) is 24.6. The van der Waals surface area contributed by atoms with Gasteiger partial charge in [-0.25, -0.2) is 0 Å². The Morgan fingerprint density at radius 1 is 0.256 bits per heavy atom. The Bertz CT molecular complexity index is 1550. The number of hydrogen-bond donors (Lipinski definition) is 0. The third kappa shape index (κ3) is 67.4. The normalized spacial score (nSPS) is 12.6. The monoisotopic (exact) mass is 1140 g/mol. The summed E-state index contributed by atoms with van der Waals surface area (Å²) in [5, 5.41) is 0. The molecule has 0 spiro atoms. The zero-order chi connectivity index (χ0) is 59.2. The van der Waals surface area contributed by atoms with E-state index in [0.29, 0.717) is 19.3 Å². The second-order valence-electron chi connectivity index (χ2n) is 23.8. The Balaban J connectivity index is 4.29. The average Bonchev–Trinajstić information content (AvgIpc) is 3.47. The van der Waals surface area contributed by atoms with E-state index in [2.05, 4.69) is 106 Å². The van der Waals surface area contributed by atoms with Crippen LogP contribution >= 0.6 is 0 Å². The molecule has 0 bridgehead atoms. The first-order valence-corrected chi connectivity index (χ1v) is 35.6. The molecule has 0 saturated heterocycles. The fraction of sp³-hybridized carbons (Fsp3) is 0.776. The van der Waals surface area contributed by atoms with Crippen molar-refractivity contribution >= 4 is 17.9 Å². The molecule has 0 aromatic rings. The summed E-state index contributed by atoms with van der Waals surface area (Å²) in [4.78, 5) is 38.5. The van der Waals surface area contributed by atoms with Gasteiger partial charge in [0.15, 0.2) is 6.10 Å². The standard InChI is InChI=1S/C76H134O6/c1-4-7-10-13-16-19-22-25-28-31-33-34-35-36-37-38-39-40-41-42-44-45-48-51-54-57-60-63-66-69-75(78)81-72-73(71-80-74(77)68-65-62-59-56-53-50-47-30-27-24-21-18-15-12-9-6-3)82-76(79)70-67-64-61-58-55-52-49-46-43-32-29-26-23-20-17-14-11-8-5-2/h8,11,17,20,22,25-26,29-31,33,43,46-47,73H,4-7,9-10,12-16,18-19,21,23-24,27-28,32,34-42,44-45,48-72H2,1-3H3/b11-8-,20-17-,25-22-,29-26-,33-31-,46-43-,47-30-. The van der Waals surface area contributed by atoms with Crippen molar-refractivity contribution in [3.8, 4) is 0 Å². The first-order chi connectivity index (χ1) is 40.5. The molecule has 0 heterocycles. The van der Waals surface area contributed by atoms with Crippen LogP contribution in [0.25, 0.3) is 0 Å². The lowest BCUT2D eigenvalue weighted by atomic mass is 10.0. The maximum Gasteiger partial charge on any atom is 0.306 e. The molecule has 0 aliphatic carbocycles. The first kappa shape index (κ1) is 78.6. The van der Waals surface area contributed by atoms with Gasteiger partial charge in [0.1, 0.15) is 13.2 Å². The molecule has 1 unspecified atom stereocenters. The molecule has 0 N–H and O–H groups in total. The Morgan fingerprint density at radius 3 is 0.756 bits per heavy atom. The number of esters is 3. The molecule has 6 nitrogen and oxygen atoms in total. The fourth-order valence-corrected chi connectivity index (χ4v) is 10.3. The minimum absolute atomic E-state index is 0.0824. The summed E-state index contributed by atoms with van der Waals surface area (Å²) in [5.74, 6) is -0.887. The Hall–Kier alpha value is -3.41. The van der Waals surface area contributed by atoms with E-state index in [-0.39, 0.29) is 31.1 Å². The van der Waals surface area contributed by atoms with Gasteiger partial charge in [0.25, 0.3) is 0 Å². The van der Waals surface area contributed by atoms with E-state index in [1.165, 1.54) is 212 Å². The zero-order valence-corrected chi connectivity index (χ0v) is 54.5. The van der Waals surface area contributed by atoms with E-state index < -0.39 is 6.10 Å². The summed E-state index contributed by atoms with van der Waals surface area (Å²) in [6.45, 7) is 6.54. The smallest absolute Gasteiger partial charge is 0.306 e. The van der Waals surface area contributed by atoms with Crippen molar-refractivity contribution in [2.24, 2.45) is 0 Å². The number of rotatable bonds is 65. The SMILES string of the molecule is CC/C=C\C/C=C\C/C=C\C/C=C\CCCCCCCCC(=O)OC(COC(=O)CCCCCCC/C=C\CCCCCCCCC)COC(=O)CCCCCCCCCCCCCCCCCCC/C=C\C/C=C\CCCCCCC. The molecule has 82 heavy (non-hydrogen) atoms. The average molecular weight is 1140 g/mol. The van der Waals surface area contributed by atoms with Gasteiger partial charge >= 0.3 is 17.9 Å². The summed E-state index contributed by atoms with van der Waals surface area (Å²) < 4.78 is 17.0. The third-order valence-electron chi connectivity index (χ3n) is 15.6. The number of carbonyl (C=O) groups excluding carboxylic acids is 3. The number of hydrogen-bond acceptors (Lipinski definition) is 6. The second kappa shape index (κ2) is 70.1. The highest BCUT2D eigenvalue weighted by atomic mass is 16.6. The van der Waals surface area contributed by atoms with E-state index in [9.17, 15) is 14.4 Å². The van der Waals surface area contributed by atoms with Gasteiger partial charge in [0, 0.05) is 19.3 Å². The maximum absolute atomic E-state index is 12.9. The van der Waals surface area contributed by atoms with Crippen molar-refractivity contribution in [1.82, 2.24) is 0 Å². The molecule has 0 rings (SSSR count). The van der Waals surface area contributed by atoms with Crippen molar-refractivity contribution in [3.63, 3.8) is 0 Å².